The lowest BCUT2D eigenvalue weighted by Gasteiger charge is -2.25. The number of amides is 4. The highest BCUT2D eigenvalue weighted by Crippen LogP contribution is 2.37. The lowest BCUT2D eigenvalue weighted by atomic mass is 9.93. The van der Waals surface area contributed by atoms with E-state index in [2.05, 4.69) is 12.2 Å². The highest BCUT2D eigenvalue weighted by Gasteiger charge is 2.48. The minimum atomic E-state index is -1.04. The number of rotatable bonds is 6. The number of ether oxygens (including phenoxy) is 1. The van der Waals surface area contributed by atoms with Gasteiger partial charge in [-0.15, -0.1) is 11.8 Å². The largest absolute Gasteiger partial charge is 0.497 e. The van der Waals surface area contributed by atoms with E-state index in [1.54, 1.807) is 30.7 Å². The van der Waals surface area contributed by atoms with Gasteiger partial charge in [0.05, 0.1) is 12.8 Å². The molecule has 0 bridgehead atoms. The number of methoxy groups -OCH3 is 1. The molecule has 8 heteroatoms. The maximum Gasteiger partial charge on any atom is 0.325 e. The van der Waals surface area contributed by atoms with Crippen LogP contribution < -0.4 is 15.0 Å². The van der Waals surface area contributed by atoms with Gasteiger partial charge >= 0.3 is 6.03 Å². The van der Waals surface area contributed by atoms with Crippen LogP contribution in [0.4, 0.5) is 10.5 Å². The standard InChI is InChI=1S/C25H29N3O4S/c1-17-13-15-27(20-6-4-5-7-21(20)33-17)22(29)16-28-23(30)25(2,26-24(28)31)14-12-18-8-10-19(32-3)11-9-18/h4-11,17H,12-16H2,1-3H3,(H,26,31)/t17-,25-/m1/s1. The van der Waals surface area contributed by atoms with Crippen LogP contribution in [-0.4, -0.2) is 53.7 Å². The summed E-state index contributed by atoms with van der Waals surface area (Å²) in [5, 5.41) is 3.18. The number of thioether (sulfide) groups is 1. The summed E-state index contributed by atoms with van der Waals surface area (Å²) in [5.74, 6) is 0.156. The summed E-state index contributed by atoms with van der Waals surface area (Å²) in [6, 6.07) is 14.9. The van der Waals surface area contributed by atoms with Crippen molar-refractivity contribution in [3.05, 3.63) is 54.1 Å². The number of urea groups is 1. The minimum Gasteiger partial charge on any atom is -0.497 e. The van der Waals surface area contributed by atoms with Crippen LogP contribution in [0.15, 0.2) is 53.4 Å². The molecular formula is C25H29N3O4S. The number of imide groups is 1. The van der Waals surface area contributed by atoms with E-state index in [-0.39, 0.29) is 18.4 Å². The van der Waals surface area contributed by atoms with E-state index in [9.17, 15) is 14.4 Å². The molecule has 2 aliphatic heterocycles. The van der Waals surface area contributed by atoms with E-state index in [1.807, 2.05) is 48.5 Å². The number of para-hydroxylation sites is 1. The van der Waals surface area contributed by atoms with Gasteiger partial charge in [-0.2, -0.15) is 0 Å². The van der Waals surface area contributed by atoms with Crippen molar-refractivity contribution in [2.45, 2.75) is 48.8 Å². The average Bonchev–Trinajstić information content (AvgIpc) is 2.93. The molecule has 0 saturated carbocycles. The van der Waals surface area contributed by atoms with Gasteiger partial charge in [0, 0.05) is 16.7 Å². The van der Waals surface area contributed by atoms with Crippen LogP contribution in [0.5, 0.6) is 5.75 Å². The van der Waals surface area contributed by atoms with Gasteiger partial charge < -0.3 is 15.0 Å². The molecule has 0 aliphatic carbocycles. The number of nitrogens with one attached hydrogen (secondary N) is 1. The normalized spacial score (nSPS) is 22.6. The molecular weight excluding hydrogens is 438 g/mol. The summed E-state index contributed by atoms with van der Waals surface area (Å²) in [6.07, 6.45) is 1.89. The lowest BCUT2D eigenvalue weighted by Crippen LogP contribution is -2.46. The van der Waals surface area contributed by atoms with Crippen molar-refractivity contribution >= 4 is 35.3 Å². The molecule has 7 nitrogen and oxygen atoms in total. The van der Waals surface area contributed by atoms with Crippen molar-refractivity contribution < 1.29 is 19.1 Å². The molecule has 2 aromatic carbocycles. The number of hydrogen-bond acceptors (Lipinski definition) is 5. The predicted molar refractivity (Wildman–Crippen MR) is 129 cm³/mol. The summed E-state index contributed by atoms with van der Waals surface area (Å²) >= 11 is 1.74. The summed E-state index contributed by atoms with van der Waals surface area (Å²) in [5.41, 5.74) is 0.839. The monoisotopic (exact) mass is 467 g/mol. The number of carbonyl (C=O) groups is 3. The third-order valence-electron chi connectivity index (χ3n) is 6.26. The molecule has 2 aromatic rings. The Labute approximate surface area is 198 Å². The first-order chi connectivity index (χ1) is 15.8. The number of hydrogen-bond donors (Lipinski definition) is 1. The van der Waals surface area contributed by atoms with E-state index < -0.39 is 11.6 Å². The number of carbonyl (C=O) groups excluding carboxylic acids is 3. The summed E-state index contributed by atoms with van der Waals surface area (Å²) in [4.78, 5) is 42.9. The Bertz CT molecular complexity index is 1060. The smallest absolute Gasteiger partial charge is 0.325 e. The fourth-order valence-corrected chi connectivity index (χ4v) is 5.33. The van der Waals surface area contributed by atoms with Crippen molar-refractivity contribution in [3.63, 3.8) is 0 Å². The van der Waals surface area contributed by atoms with E-state index in [0.717, 1.165) is 33.2 Å². The van der Waals surface area contributed by atoms with Crippen molar-refractivity contribution in [2.75, 3.05) is 25.1 Å². The highest BCUT2D eigenvalue weighted by molar-refractivity contribution is 8.00. The van der Waals surface area contributed by atoms with Crippen LogP contribution in [0.2, 0.25) is 0 Å². The SMILES string of the molecule is COc1ccc(CC[C@@]2(C)NC(=O)N(CC(=O)N3CC[C@@H](C)Sc4ccccc43)C2=O)cc1. The Kier molecular flexibility index (Phi) is 6.65. The Morgan fingerprint density at radius 2 is 1.91 bits per heavy atom. The second-order valence-corrected chi connectivity index (χ2v) is 10.2. The van der Waals surface area contributed by atoms with Crippen LogP contribution in [0.25, 0.3) is 0 Å². The predicted octanol–water partition coefficient (Wildman–Crippen LogP) is 3.86. The van der Waals surface area contributed by atoms with Crippen LogP contribution in [0.1, 0.15) is 32.3 Å². The van der Waals surface area contributed by atoms with Crippen LogP contribution in [0.3, 0.4) is 0 Å². The van der Waals surface area contributed by atoms with Crippen molar-refractivity contribution in [3.8, 4) is 5.75 Å². The maximum absolute atomic E-state index is 13.2. The summed E-state index contributed by atoms with van der Waals surface area (Å²) < 4.78 is 5.18. The Morgan fingerprint density at radius 1 is 1.18 bits per heavy atom. The minimum absolute atomic E-state index is 0.250. The van der Waals surface area contributed by atoms with Gasteiger partial charge in [0.1, 0.15) is 17.8 Å². The second kappa shape index (κ2) is 9.47. The van der Waals surface area contributed by atoms with Gasteiger partial charge in [-0.3, -0.25) is 14.5 Å². The Morgan fingerprint density at radius 3 is 2.64 bits per heavy atom. The average molecular weight is 468 g/mol. The lowest BCUT2D eigenvalue weighted by molar-refractivity contribution is -0.134. The molecule has 4 rings (SSSR count). The van der Waals surface area contributed by atoms with Crippen LogP contribution in [0, 0.1) is 0 Å². The highest BCUT2D eigenvalue weighted by atomic mass is 32.2. The number of anilines is 1. The molecule has 33 heavy (non-hydrogen) atoms. The first-order valence-electron chi connectivity index (χ1n) is 11.1. The molecule has 1 saturated heterocycles. The first-order valence-corrected chi connectivity index (χ1v) is 12.0. The van der Waals surface area contributed by atoms with Crippen LogP contribution in [-0.2, 0) is 16.0 Å². The van der Waals surface area contributed by atoms with E-state index in [1.165, 1.54) is 0 Å². The second-order valence-electron chi connectivity index (χ2n) is 8.73. The zero-order chi connectivity index (χ0) is 23.6. The zero-order valence-electron chi connectivity index (χ0n) is 19.2. The van der Waals surface area contributed by atoms with Gasteiger partial charge in [-0.1, -0.05) is 31.2 Å². The molecule has 174 valence electrons. The number of fused-ring (bicyclic) bond motifs is 1. The molecule has 0 aromatic heterocycles. The fourth-order valence-electron chi connectivity index (χ4n) is 4.21. The Hall–Kier alpha value is -3.00. The van der Waals surface area contributed by atoms with Gasteiger partial charge in [0.2, 0.25) is 5.91 Å². The summed E-state index contributed by atoms with van der Waals surface area (Å²) in [6.45, 7) is 4.15. The molecule has 0 unspecified atom stereocenters. The van der Waals surface area contributed by atoms with Gasteiger partial charge in [-0.05, 0) is 56.0 Å². The molecule has 0 spiro atoms. The molecule has 2 aliphatic rings. The fraction of sp³-hybridized carbons (Fsp3) is 0.400. The summed E-state index contributed by atoms with van der Waals surface area (Å²) in [7, 11) is 1.61. The van der Waals surface area contributed by atoms with E-state index >= 15 is 0 Å². The van der Waals surface area contributed by atoms with Gasteiger partial charge in [0.25, 0.3) is 5.91 Å². The molecule has 2 atom stereocenters. The van der Waals surface area contributed by atoms with Crippen molar-refractivity contribution in [1.82, 2.24) is 10.2 Å². The number of benzene rings is 2. The zero-order valence-corrected chi connectivity index (χ0v) is 20.0. The number of nitrogens with zero attached hydrogens (tertiary/aromatic N) is 2. The van der Waals surface area contributed by atoms with E-state index in [4.69, 9.17) is 4.74 Å². The quantitative estimate of drug-likeness (QED) is 0.653. The molecule has 0 radical (unpaired) electrons. The molecule has 1 fully saturated rings. The first kappa shape index (κ1) is 23.2. The molecule has 1 N–H and O–H groups in total. The molecule has 4 amide bonds. The van der Waals surface area contributed by atoms with E-state index in [0.29, 0.717) is 24.6 Å². The third kappa shape index (κ3) is 4.85. The molecule has 2 heterocycles. The van der Waals surface area contributed by atoms with Crippen LogP contribution >= 0.6 is 11.8 Å². The third-order valence-corrected chi connectivity index (χ3v) is 7.49. The maximum atomic E-state index is 13.2. The van der Waals surface area contributed by atoms with Crippen molar-refractivity contribution in [1.29, 1.82) is 0 Å². The van der Waals surface area contributed by atoms with Gasteiger partial charge in [-0.25, -0.2) is 4.79 Å². The van der Waals surface area contributed by atoms with Crippen molar-refractivity contribution in [2.24, 2.45) is 0 Å². The topological polar surface area (TPSA) is 79.0 Å². The van der Waals surface area contributed by atoms with Gasteiger partial charge in [0.15, 0.2) is 0 Å². The number of aryl methyl sites for hydroxylation is 1. The Balaban J connectivity index is 1.44.